The molecule has 0 aromatic heterocycles. The third kappa shape index (κ3) is 2.44. The Morgan fingerprint density at radius 2 is 1.90 bits per heavy atom. The first kappa shape index (κ1) is 13.2. The molecule has 0 spiro atoms. The van der Waals surface area contributed by atoms with E-state index in [1.165, 1.54) is 11.1 Å². The van der Waals surface area contributed by atoms with Crippen molar-refractivity contribution in [2.75, 3.05) is 7.05 Å². The number of hydrogen-bond acceptors (Lipinski definition) is 2. The first-order valence-electron chi connectivity index (χ1n) is 6.76. The number of benzene rings is 2. The first-order valence-corrected chi connectivity index (χ1v) is 7.14. The van der Waals surface area contributed by atoms with Gasteiger partial charge < -0.3 is 4.90 Å². The van der Waals surface area contributed by atoms with Crippen LogP contribution in [0.25, 0.3) is 0 Å². The molecule has 1 unspecified atom stereocenters. The predicted molar refractivity (Wildman–Crippen MR) is 84.9 cm³/mol. The molecule has 20 heavy (non-hydrogen) atoms. The summed E-state index contributed by atoms with van der Waals surface area (Å²) in [6.07, 6.45) is 0.938. The Hall–Kier alpha value is -1.80. The van der Waals surface area contributed by atoms with Gasteiger partial charge in [-0.1, -0.05) is 48.0 Å². The average Bonchev–Trinajstić information content (AvgIpc) is 2.57. The van der Waals surface area contributed by atoms with Crippen molar-refractivity contribution in [2.45, 2.75) is 19.4 Å². The van der Waals surface area contributed by atoms with Crippen molar-refractivity contribution in [3.05, 3.63) is 64.7 Å². The maximum Gasteiger partial charge on any atom is 0.102 e. The molecule has 0 N–H and O–H groups in total. The van der Waals surface area contributed by atoms with Crippen LogP contribution in [0.1, 0.15) is 24.1 Å². The van der Waals surface area contributed by atoms with Gasteiger partial charge in [0.2, 0.25) is 0 Å². The Labute approximate surface area is 124 Å². The molecule has 0 radical (unpaired) electrons. The topological polar surface area (TPSA) is 15.6 Å². The Bertz CT molecular complexity index is 649. The fourth-order valence-electron chi connectivity index (χ4n) is 2.65. The van der Waals surface area contributed by atoms with Crippen molar-refractivity contribution in [3.63, 3.8) is 0 Å². The molecule has 0 bridgehead atoms. The molecule has 0 aliphatic carbocycles. The quantitative estimate of drug-likeness (QED) is 0.746. The lowest BCUT2D eigenvalue weighted by molar-refractivity contribution is 0.374. The van der Waals surface area contributed by atoms with Gasteiger partial charge >= 0.3 is 0 Å². The number of nitrogens with zero attached hydrogens (tertiary/aromatic N) is 2. The fraction of sp³-hybridized carbons (Fsp3) is 0.235. The molecule has 1 aliphatic rings. The molecule has 102 valence electrons. The molecule has 3 rings (SSSR count). The smallest absolute Gasteiger partial charge is 0.102 e. The lowest BCUT2D eigenvalue weighted by Crippen LogP contribution is -2.29. The Balaban J connectivity index is 2.07. The van der Waals surface area contributed by atoms with E-state index < -0.39 is 0 Å². The lowest BCUT2D eigenvalue weighted by atomic mass is 9.97. The maximum absolute atomic E-state index is 6.08. The van der Waals surface area contributed by atoms with E-state index in [-0.39, 0.29) is 0 Å². The standard InChI is InChI=1S/C17H17ClN2/c1-12-19-16-11-15(18)9-8-14(16)10-17(20(12)2)13-6-4-3-5-7-13/h3-9,11,17H,10H2,1-2H3. The maximum atomic E-state index is 6.08. The van der Waals surface area contributed by atoms with Crippen LogP contribution < -0.4 is 0 Å². The van der Waals surface area contributed by atoms with E-state index in [4.69, 9.17) is 16.6 Å². The number of hydrogen-bond donors (Lipinski definition) is 0. The van der Waals surface area contributed by atoms with Crippen molar-refractivity contribution in [2.24, 2.45) is 4.99 Å². The first-order chi connectivity index (χ1) is 9.65. The summed E-state index contributed by atoms with van der Waals surface area (Å²) in [6, 6.07) is 16.9. The zero-order valence-corrected chi connectivity index (χ0v) is 12.4. The number of amidine groups is 1. The molecule has 1 atom stereocenters. The van der Waals surface area contributed by atoms with Crippen LogP contribution in [0.3, 0.4) is 0 Å². The van der Waals surface area contributed by atoms with E-state index in [2.05, 4.69) is 48.3 Å². The monoisotopic (exact) mass is 284 g/mol. The molecular weight excluding hydrogens is 268 g/mol. The van der Waals surface area contributed by atoms with Crippen LogP contribution in [0.4, 0.5) is 5.69 Å². The van der Waals surface area contributed by atoms with Gasteiger partial charge in [0.05, 0.1) is 11.7 Å². The molecule has 1 heterocycles. The predicted octanol–water partition coefficient (Wildman–Crippen LogP) is 4.62. The number of halogens is 1. The zero-order valence-electron chi connectivity index (χ0n) is 11.7. The SMILES string of the molecule is CC1=Nc2cc(Cl)ccc2CC(c2ccccc2)N1C. The molecule has 2 aromatic rings. The van der Waals surface area contributed by atoms with E-state index in [1.54, 1.807) is 0 Å². The summed E-state index contributed by atoms with van der Waals surface area (Å²) >= 11 is 6.08. The Morgan fingerprint density at radius 3 is 2.65 bits per heavy atom. The van der Waals surface area contributed by atoms with Gasteiger partial charge in [-0.05, 0) is 36.6 Å². The highest BCUT2D eigenvalue weighted by molar-refractivity contribution is 6.30. The van der Waals surface area contributed by atoms with Gasteiger partial charge in [0.1, 0.15) is 5.84 Å². The summed E-state index contributed by atoms with van der Waals surface area (Å²) in [4.78, 5) is 6.95. The van der Waals surface area contributed by atoms with Gasteiger partial charge in [0.15, 0.2) is 0 Å². The molecule has 2 nitrogen and oxygen atoms in total. The normalized spacial score (nSPS) is 18.2. The summed E-state index contributed by atoms with van der Waals surface area (Å²) in [6.45, 7) is 2.05. The van der Waals surface area contributed by atoms with Crippen LogP contribution >= 0.6 is 11.6 Å². The molecular formula is C17H17ClN2. The van der Waals surface area contributed by atoms with Crippen LogP contribution in [-0.4, -0.2) is 17.8 Å². The highest BCUT2D eigenvalue weighted by Crippen LogP contribution is 2.34. The van der Waals surface area contributed by atoms with Crippen LogP contribution in [0.2, 0.25) is 5.02 Å². The van der Waals surface area contributed by atoms with Gasteiger partial charge in [-0.2, -0.15) is 0 Å². The molecule has 0 saturated heterocycles. The highest BCUT2D eigenvalue weighted by Gasteiger charge is 2.23. The van der Waals surface area contributed by atoms with E-state index >= 15 is 0 Å². The molecule has 0 amide bonds. The van der Waals surface area contributed by atoms with E-state index in [9.17, 15) is 0 Å². The van der Waals surface area contributed by atoms with Crippen molar-refractivity contribution in [3.8, 4) is 0 Å². The molecule has 0 fully saturated rings. The third-order valence-electron chi connectivity index (χ3n) is 3.91. The second-order valence-corrected chi connectivity index (χ2v) is 5.61. The summed E-state index contributed by atoms with van der Waals surface area (Å²) in [5.41, 5.74) is 3.54. The summed E-state index contributed by atoms with van der Waals surface area (Å²) in [5, 5.41) is 0.737. The molecule has 3 heteroatoms. The molecule has 0 saturated carbocycles. The van der Waals surface area contributed by atoms with Crippen LogP contribution in [-0.2, 0) is 6.42 Å². The third-order valence-corrected chi connectivity index (χ3v) is 4.14. The summed E-state index contributed by atoms with van der Waals surface area (Å²) < 4.78 is 0. The van der Waals surface area contributed by atoms with Gasteiger partial charge in [0, 0.05) is 12.1 Å². The minimum Gasteiger partial charge on any atom is -0.356 e. The number of fused-ring (bicyclic) bond motifs is 1. The highest BCUT2D eigenvalue weighted by atomic mass is 35.5. The Kier molecular flexibility index (Phi) is 3.49. The summed E-state index contributed by atoms with van der Waals surface area (Å²) in [7, 11) is 2.10. The number of likely N-dealkylation sites (N-methyl/N-ethyl adjacent to an activating group) is 1. The van der Waals surface area contributed by atoms with Crippen LogP contribution in [0.15, 0.2) is 53.5 Å². The van der Waals surface area contributed by atoms with Crippen molar-refractivity contribution >= 4 is 23.1 Å². The van der Waals surface area contributed by atoms with Crippen molar-refractivity contribution in [1.29, 1.82) is 0 Å². The van der Waals surface area contributed by atoms with Crippen LogP contribution in [0, 0.1) is 0 Å². The number of aliphatic imine (C=N–C) groups is 1. The lowest BCUT2D eigenvalue weighted by Gasteiger charge is -2.28. The van der Waals surface area contributed by atoms with Crippen molar-refractivity contribution < 1.29 is 0 Å². The van der Waals surface area contributed by atoms with E-state index in [1.807, 2.05) is 19.1 Å². The molecule has 2 aromatic carbocycles. The van der Waals surface area contributed by atoms with Gasteiger partial charge in [0.25, 0.3) is 0 Å². The van der Waals surface area contributed by atoms with Gasteiger partial charge in [-0.15, -0.1) is 0 Å². The number of rotatable bonds is 1. The largest absolute Gasteiger partial charge is 0.356 e. The second-order valence-electron chi connectivity index (χ2n) is 5.17. The summed E-state index contributed by atoms with van der Waals surface area (Å²) in [5.74, 6) is 1.01. The van der Waals surface area contributed by atoms with Crippen molar-refractivity contribution in [1.82, 2.24) is 4.90 Å². The fourth-order valence-corrected chi connectivity index (χ4v) is 2.82. The van der Waals surface area contributed by atoms with Gasteiger partial charge in [-0.3, -0.25) is 0 Å². The average molecular weight is 285 g/mol. The zero-order chi connectivity index (χ0) is 14.1. The minimum atomic E-state index is 0.308. The Morgan fingerprint density at radius 1 is 1.15 bits per heavy atom. The van der Waals surface area contributed by atoms with E-state index in [0.717, 1.165) is 23.0 Å². The van der Waals surface area contributed by atoms with E-state index in [0.29, 0.717) is 6.04 Å². The minimum absolute atomic E-state index is 0.308. The second kappa shape index (κ2) is 5.29. The van der Waals surface area contributed by atoms with Crippen LogP contribution in [0.5, 0.6) is 0 Å². The molecule has 1 aliphatic heterocycles. The van der Waals surface area contributed by atoms with Gasteiger partial charge in [-0.25, -0.2) is 4.99 Å².